The Kier molecular flexibility index (Phi) is 6.36. The van der Waals surface area contributed by atoms with Gasteiger partial charge in [-0.3, -0.25) is 9.59 Å². The maximum atomic E-state index is 12.1. The van der Waals surface area contributed by atoms with Gasteiger partial charge >= 0.3 is 0 Å². The summed E-state index contributed by atoms with van der Waals surface area (Å²) in [5.41, 5.74) is 1.52. The third-order valence-electron chi connectivity index (χ3n) is 3.42. The Bertz CT molecular complexity index is 894. The molecule has 0 aliphatic heterocycles. The number of para-hydroxylation sites is 1. The number of nitrogens with zero attached hydrogens (tertiary/aromatic N) is 1. The van der Waals surface area contributed by atoms with Crippen LogP contribution in [0.2, 0.25) is 0 Å². The monoisotopic (exact) mass is 347 g/mol. The van der Waals surface area contributed by atoms with Crippen LogP contribution in [-0.2, 0) is 9.59 Å². The van der Waals surface area contributed by atoms with E-state index in [4.69, 9.17) is 16.4 Å². The van der Waals surface area contributed by atoms with Gasteiger partial charge in [-0.05, 0) is 37.3 Å². The molecule has 6 nitrogen and oxygen atoms in total. The second-order valence-corrected chi connectivity index (χ2v) is 5.36. The van der Waals surface area contributed by atoms with Crippen molar-refractivity contribution < 1.29 is 14.3 Å². The number of hydrogen-bond acceptors (Lipinski definition) is 4. The first-order chi connectivity index (χ1) is 12.5. The molecule has 0 aliphatic carbocycles. The second kappa shape index (κ2) is 8.91. The number of nitriles is 1. The third kappa shape index (κ3) is 5.12. The second-order valence-electron chi connectivity index (χ2n) is 5.36. The summed E-state index contributed by atoms with van der Waals surface area (Å²) in [6.45, 7) is 1.32. The lowest BCUT2D eigenvalue weighted by molar-refractivity contribution is -0.129. The van der Waals surface area contributed by atoms with Crippen LogP contribution in [0, 0.1) is 23.7 Å². The molecule has 0 unspecified atom stereocenters. The lowest BCUT2D eigenvalue weighted by Gasteiger charge is -2.15. The number of carbonyl (C=O) groups excluding carboxylic acids is 2. The van der Waals surface area contributed by atoms with Gasteiger partial charge in [0.25, 0.3) is 5.91 Å². The van der Waals surface area contributed by atoms with Gasteiger partial charge < -0.3 is 15.4 Å². The van der Waals surface area contributed by atoms with Crippen LogP contribution in [0.25, 0.3) is 0 Å². The van der Waals surface area contributed by atoms with E-state index in [0.29, 0.717) is 22.6 Å². The SMILES string of the molecule is C#Cc1cccc(NC(=O)CNC(=O)[C@H](C)Oc2ccccc2C#N)c1. The summed E-state index contributed by atoms with van der Waals surface area (Å²) in [5, 5.41) is 14.2. The van der Waals surface area contributed by atoms with E-state index in [1.165, 1.54) is 6.92 Å². The van der Waals surface area contributed by atoms with E-state index < -0.39 is 17.9 Å². The molecule has 0 aliphatic rings. The minimum atomic E-state index is -0.859. The molecule has 6 heteroatoms. The number of anilines is 1. The predicted molar refractivity (Wildman–Crippen MR) is 97.3 cm³/mol. The normalized spacial score (nSPS) is 10.7. The molecule has 130 valence electrons. The fourth-order valence-electron chi connectivity index (χ4n) is 2.11. The highest BCUT2D eigenvalue weighted by Crippen LogP contribution is 2.18. The number of nitrogens with one attached hydrogen (secondary N) is 2. The van der Waals surface area contributed by atoms with Gasteiger partial charge in [-0.15, -0.1) is 6.42 Å². The summed E-state index contributed by atoms with van der Waals surface area (Å²) in [6, 6.07) is 15.4. The van der Waals surface area contributed by atoms with Crippen molar-refractivity contribution in [3.8, 4) is 24.2 Å². The first-order valence-corrected chi connectivity index (χ1v) is 7.83. The molecule has 0 radical (unpaired) electrons. The molecule has 0 aromatic heterocycles. The van der Waals surface area contributed by atoms with E-state index in [9.17, 15) is 9.59 Å². The van der Waals surface area contributed by atoms with Crippen molar-refractivity contribution in [2.75, 3.05) is 11.9 Å². The topological polar surface area (TPSA) is 91.2 Å². The van der Waals surface area contributed by atoms with Crippen LogP contribution in [0.1, 0.15) is 18.1 Å². The number of rotatable bonds is 6. The number of hydrogen-bond donors (Lipinski definition) is 2. The van der Waals surface area contributed by atoms with E-state index >= 15 is 0 Å². The molecule has 0 saturated heterocycles. The Morgan fingerprint density at radius 1 is 1.23 bits per heavy atom. The molecule has 0 bridgehead atoms. The Morgan fingerprint density at radius 2 is 2.00 bits per heavy atom. The quantitative estimate of drug-likeness (QED) is 0.783. The Balaban J connectivity index is 1.86. The average Bonchev–Trinajstić information content (AvgIpc) is 2.66. The summed E-state index contributed by atoms with van der Waals surface area (Å²) in [6.07, 6.45) is 4.45. The molecule has 0 spiro atoms. The van der Waals surface area contributed by atoms with Crippen LogP contribution in [0.5, 0.6) is 5.75 Å². The van der Waals surface area contributed by atoms with Crippen LogP contribution < -0.4 is 15.4 Å². The van der Waals surface area contributed by atoms with E-state index in [1.54, 1.807) is 48.5 Å². The van der Waals surface area contributed by atoms with Crippen LogP contribution in [0.4, 0.5) is 5.69 Å². The van der Waals surface area contributed by atoms with Gasteiger partial charge in [0.15, 0.2) is 6.10 Å². The van der Waals surface area contributed by atoms with Crippen molar-refractivity contribution in [2.45, 2.75) is 13.0 Å². The molecule has 26 heavy (non-hydrogen) atoms. The fraction of sp³-hybridized carbons (Fsp3) is 0.150. The minimum Gasteiger partial charge on any atom is -0.480 e. The van der Waals surface area contributed by atoms with E-state index in [0.717, 1.165) is 0 Å². The van der Waals surface area contributed by atoms with Gasteiger partial charge in [-0.2, -0.15) is 5.26 Å². The van der Waals surface area contributed by atoms with Gasteiger partial charge in [-0.1, -0.05) is 24.1 Å². The molecular formula is C20H17N3O3. The highest BCUT2D eigenvalue weighted by Gasteiger charge is 2.17. The van der Waals surface area contributed by atoms with Gasteiger partial charge in [-0.25, -0.2) is 0 Å². The lowest BCUT2D eigenvalue weighted by atomic mass is 10.2. The minimum absolute atomic E-state index is 0.216. The van der Waals surface area contributed by atoms with Gasteiger partial charge in [0.2, 0.25) is 5.91 Å². The Labute approximate surface area is 151 Å². The van der Waals surface area contributed by atoms with E-state index in [1.807, 2.05) is 6.07 Å². The lowest BCUT2D eigenvalue weighted by Crippen LogP contribution is -2.40. The summed E-state index contributed by atoms with van der Waals surface area (Å²) < 4.78 is 5.49. The van der Waals surface area contributed by atoms with Crippen molar-refractivity contribution in [3.63, 3.8) is 0 Å². The number of amides is 2. The average molecular weight is 347 g/mol. The molecule has 0 heterocycles. The van der Waals surface area contributed by atoms with Crippen LogP contribution >= 0.6 is 0 Å². The van der Waals surface area contributed by atoms with Crippen molar-refractivity contribution >= 4 is 17.5 Å². The molecule has 2 amide bonds. The smallest absolute Gasteiger partial charge is 0.261 e. The van der Waals surface area contributed by atoms with Crippen LogP contribution in [0.15, 0.2) is 48.5 Å². The van der Waals surface area contributed by atoms with Crippen molar-refractivity contribution in [1.29, 1.82) is 5.26 Å². The van der Waals surface area contributed by atoms with Crippen LogP contribution in [-0.4, -0.2) is 24.5 Å². The van der Waals surface area contributed by atoms with Crippen LogP contribution in [0.3, 0.4) is 0 Å². The zero-order chi connectivity index (χ0) is 18.9. The van der Waals surface area contributed by atoms with Gasteiger partial charge in [0, 0.05) is 11.3 Å². The summed E-state index contributed by atoms with van der Waals surface area (Å²) in [4.78, 5) is 24.0. The van der Waals surface area contributed by atoms with Gasteiger partial charge in [0.1, 0.15) is 11.8 Å². The first-order valence-electron chi connectivity index (χ1n) is 7.83. The zero-order valence-electron chi connectivity index (χ0n) is 14.2. The maximum absolute atomic E-state index is 12.1. The molecule has 2 aromatic rings. The summed E-state index contributed by atoms with van der Waals surface area (Å²) >= 11 is 0. The molecular weight excluding hydrogens is 330 g/mol. The zero-order valence-corrected chi connectivity index (χ0v) is 14.2. The largest absolute Gasteiger partial charge is 0.480 e. The molecule has 2 N–H and O–H groups in total. The fourth-order valence-corrected chi connectivity index (χ4v) is 2.11. The van der Waals surface area contributed by atoms with Gasteiger partial charge in [0.05, 0.1) is 12.1 Å². The molecule has 1 atom stereocenters. The maximum Gasteiger partial charge on any atom is 0.261 e. The standard InChI is InChI=1S/C20H17N3O3/c1-3-15-7-6-9-17(11-15)23-19(24)13-22-20(25)14(2)26-18-10-5-4-8-16(18)12-21/h1,4-11,14H,13H2,2H3,(H,22,25)(H,23,24)/t14-/m0/s1. The molecule has 0 fully saturated rings. The van der Waals surface area contributed by atoms with Crippen molar-refractivity contribution in [3.05, 3.63) is 59.7 Å². The summed E-state index contributed by atoms with van der Waals surface area (Å²) in [5.74, 6) is 1.93. The molecule has 2 aromatic carbocycles. The highest BCUT2D eigenvalue weighted by molar-refractivity contribution is 5.95. The molecule has 0 saturated carbocycles. The predicted octanol–water partition coefficient (Wildman–Crippen LogP) is 2.06. The number of terminal acetylenes is 1. The third-order valence-corrected chi connectivity index (χ3v) is 3.42. The highest BCUT2D eigenvalue weighted by atomic mass is 16.5. The number of carbonyl (C=O) groups is 2. The Hall–Kier alpha value is -3.77. The molecule has 2 rings (SSSR count). The first kappa shape index (κ1) is 18.6. The Morgan fingerprint density at radius 3 is 2.73 bits per heavy atom. The number of ether oxygens (including phenoxy) is 1. The van der Waals surface area contributed by atoms with Crippen molar-refractivity contribution in [2.24, 2.45) is 0 Å². The number of benzene rings is 2. The van der Waals surface area contributed by atoms with E-state index in [2.05, 4.69) is 16.6 Å². The van der Waals surface area contributed by atoms with E-state index in [-0.39, 0.29) is 6.54 Å². The summed E-state index contributed by atoms with van der Waals surface area (Å²) in [7, 11) is 0. The van der Waals surface area contributed by atoms with Crippen molar-refractivity contribution in [1.82, 2.24) is 5.32 Å².